The molecule has 27 heavy (non-hydrogen) atoms. The van der Waals surface area contributed by atoms with E-state index in [1.54, 1.807) is 0 Å². The van der Waals surface area contributed by atoms with E-state index in [1.807, 2.05) is 11.8 Å². The van der Waals surface area contributed by atoms with Crippen molar-refractivity contribution in [2.45, 2.75) is 56.8 Å². The van der Waals surface area contributed by atoms with Crippen LogP contribution in [0.25, 0.3) is 0 Å². The molecular formula is C20H23F2N3O2. The zero-order chi connectivity index (χ0) is 19.0. The standard InChI is InChI=1S/C20H23F2N3O2/c1-2-7-25-12-13(8-17(25)26)18-23-19(27-24-18)20(5-3-4-6-20)14-9-15(21)11-16(22)10-14/h9-11,13H,2-8,12H2,1H3/t13-/m0/s1. The van der Waals surface area contributed by atoms with Crippen LogP contribution in [-0.2, 0) is 10.2 Å². The third-order valence-electron chi connectivity index (χ3n) is 5.80. The van der Waals surface area contributed by atoms with Crippen molar-refractivity contribution >= 4 is 5.91 Å². The van der Waals surface area contributed by atoms with E-state index in [-0.39, 0.29) is 11.8 Å². The van der Waals surface area contributed by atoms with Crippen LogP contribution in [0.3, 0.4) is 0 Å². The second-order valence-electron chi connectivity index (χ2n) is 7.65. The van der Waals surface area contributed by atoms with E-state index >= 15 is 0 Å². The predicted octanol–water partition coefficient (Wildman–Crippen LogP) is 3.93. The molecule has 2 heterocycles. The molecule has 2 aromatic rings. The Morgan fingerprint density at radius 2 is 1.93 bits per heavy atom. The maximum absolute atomic E-state index is 13.8. The number of carbonyl (C=O) groups is 1. The topological polar surface area (TPSA) is 59.2 Å². The van der Waals surface area contributed by atoms with Gasteiger partial charge < -0.3 is 9.42 Å². The summed E-state index contributed by atoms with van der Waals surface area (Å²) in [5.41, 5.74) is -0.109. The Morgan fingerprint density at radius 3 is 2.59 bits per heavy atom. The van der Waals surface area contributed by atoms with Crippen molar-refractivity contribution in [1.82, 2.24) is 15.0 Å². The summed E-state index contributed by atoms with van der Waals surface area (Å²) in [6.07, 6.45) is 4.57. The zero-order valence-electron chi connectivity index (χ0n) is 15.4. The summed E-state index contributed by atoms with van der Waals surface area (Å²) in [6, 6.07) is 3.60. The number of halogens is 2. The molecule has 1 atom stereocenters. The van der Waals surface area contributed by atoms with Crippen LogP contribution >= 0.6 is 0 Å². The van der Waals surface area contributed by atoms with Crippen LogP contribution in [0.15, 0.2) is 22.7 Å². The number of carbonyl (C=O) groups excluding carboxylic acids is 1. The van der Waals surface area contributed by atoms with Crippen LogP contribution < -0.4 is 0 Å². The number of aromatic nitrogens is 2. The number of benzene rings is 1. The second-order valence-corrected chi connectivity index (χ2v) is 7.65. The van der Waals surface area contributed by atoms with Gasteiger partial charge in [-0.05, 0) is 37.0 Å². The zero-order valence-corrected chi connectivity index (χ0v) is 15.4. The molecule has 1 amide bonds. The van der Waals surface area contributed by atoms with Gasteiger partial charge in [0.05, 0.1) is 5.41 Å². The summed E-state index contributed by atoms with van der Waals surface area (Å²) in [5, 5.41) is 4.13. The molecule has 7 heteroatoms. The van der Waals surface area contributed by atoms with E-state index in [0.29, 0.717) is 43.1 Å². The van der Waals surface area contributed by atoms with E-state index in [2.05, 4.69) is 10.1 Å². The highest BCUT2D eigenvalue weighted by Crippen LogP contribution is 2.46. The average Bonchev–Trinajstić information content (AvgIpc) is 3.34. The Balaban J connectivity index is 1.65. The molecule has 1 aliphatic heterocycles. The van der Waals surface area contributed by atoms with Gasteiger partial charge in [0.25, 0.3) is 0 Å². The Hall–Kier alpha value is -2.31. The fourth-order valence-corrected chi connectivity index (χ4v) is 4.46. The predicted molar refractivity (Wildman–Crippen MR) is 94.1 cm³/mol. The van der Waals surface area contributed by atoms with Gasteiger partial charge in [-0.1, -0.05) is 24.9 Å². The number of hydrogen-bond donors (Lipinski definition) is 0. The van der Waals surface area contributed by atoms with Crippen LogP contribution in [0.1, 0.15) is 68.6 Å². The molecule has 1 aromatic heterocycles. The first-order valence-electron chi connectivity index (χ1n) is 9.60. The van der Waals surface area contributed by atoms with E-state index in [0.717, 1.165) is 31.9 Å². The number of rotatable bonds is 5. The molecule has 4 rings (SSSR count). The lowest BCUT2D eigenvalue weighted by Gasteiger charge is -2.25. The van der Waals surface area contributed by atoms with Gasteiger partial charge in [0.2, 0.25) is 11.8 Å². The molecule has 1 aromatic carbocycles. The molecule has 0 spiro atoms. The van der Waals surface area contributed by atoms with Crippen LogP contribution in [-0.4, -0.2) is 34.0 Å². The molecule has 144 valence electrons. The van der Waals surface area contributed by atoms with E-state index in [1.165, 1.54) is 12.1 Å². The molecular weight excluding hydrogens is 352 g/mol. The summed E-state index contributed by atoms with van der Waals surface area (Å²) < 4.78 is 33.2. The summed E-state index contributed by atoms with van der Waals surface area (Å²) >= 11 is 0. The second kappa shape index (κ2) is 7.02. The first-order chi connectivity index (χ1) is 13.0. The van der Waals surface area contributed by atoms with Gasteiger partial charge in [0, 0.05) is 31.5 Å². The lowest BCUT2D eigenvalue weighted by Crippen LogP contribution is -2.26. The van der Waals surface area contributed by atoms with Crippen LogP contribution in [0.5, 0.6) is 0 Å². The number of amides is 1. The van der Waals surface area contributed by atoms with Crippen molar-refractivity contribution in [3.63, 3.8) is 0 Å². The van der Waals surface area contributed by atoms with Crippen molar-refractivity contribution in [3.8, 4) is 0 Å². The fourth-order valence-electron chi connectivity index (χ4n) is 4.46. The smallest absolute Gasteiger partial charge is 0.237 e. The Kier molecular flexibility index (Phi) is 4.70. The van der Waals surface area contributed by atoms with Gasteiger partial charge in [-0.2, -0.15) is 4.98 Å². The summed E-state index contributed by atoms with van der Waals surface area (Å²) in [6.45, 7) is 3.36. The maximum Gasteiger partial charge on any atom is 0.237 e. The van der Waals surface area contributed by atoms with Gasteiger partial charge in [-0.25, -0.2) is 8.78 Å². The highest BCUT2D eigenvalue weighted by Gasteiger charge is 2.44. The quantitative estimate of drug-likeness (QED) is 0.794. The summed E-state index contributed by atoms with van der Waals surface area (Å²) in [5.74, 6) is -0.276. The van der Waals surface area contributed by atoms with Crippen molar-refractivity contribution in [2.75, 3.05) is 13.1 Å². The minimum atomic E-state index is -0.653. The molecule has 0 bridgehead atoms. The van der Waals surface area contributed by atoms with Crippen LogP contribution in [0, 0.1) is 11.6 Å². The molecule has 5 nitrogen and oxygen atoms in total. The third-order valence-corrected chi connectivity index (χ3v) is 5.80. The highest BCUT2D eigenvalue weighted by atomic mass is 19.1. The van der Waals surface area contributed by atoms with Gasteiger partial charge >= 0.3 is 0 Å². The third kappa shape index (κ3) is 3.24. The van der Waals surface area contributed by atoms with Crippen molar-refractivity contribution in [3.05, 3.63) is 47.1 Å². The molecule has 0 N–H and O–H groups in total. The average molecular weight is 375 g/mol. The molecule has 1 saturated carbocycles. The van der Waals surface area contributed by atoms with E-state index in [9.17, 15) is 13.6 Å². The molecule has 0 unspecified atom stereocenters. The first-order valence-corrected chi connectivity index (χ1v) is 9.60. The van der Waals surface area contributed by atoms with Gasteiger partial charge in [0.1, 0.15) is 11.6 Å². The van der Waals surface area contributed by atoms with Crippen molar-refractivity contribution in [1.29, 1.82) is 0 Å². The number of nitrogens with zero attached hydrogens (tertiary/aromatic N) is 3. The minimum absolute atomic E-state index is 0.0933. The van der Waals surface area contributed by atoms with Crippen molar-refractivity contribution < 1.29 is 18.1 Å². The highest BCUT2D eigenvalue weighted by molar-refractivity contribution is 5.79. The van der Waals surface area contributed by atoms with Crippen molar-refractivity contribution in [2.24, 2.45) is 0 Å². The van der Waals surface area contributed by atoms with E-state index in [4.69, 9.17) is 4.52 Å². The lowest BCUT2D eigenvalue weighted by molar-refractivity contribution is -0.127. The van der Waals surface area contributed by atoms with Crippen LogP contribution in [0.4, 0.5) is 8.78 Å². The van der Waals surface area contributed by atoms with Crippen LogP contribution in [0.2, 0.25) is 0 Å². The largest absolute Gasteiger partial charge is 0.342 e. The monoisotopic (exact) mass is 375 g/mol. The normalized spacial score (nSPS) is 22.0. The fraction of sp³-hybridized carbons (Fsp3) is 0.550. The molecule has 1 aliphatic carbocycles. The molecule has 1 saturated heterocycles. The SMILES string of the molecule is CCCN1C[C@@H](c2noc(C3(c4cc(F)cc(F)c4)CCCC3)n2)CC1=O. The number of hydrogen-bond acceptors (Lipinski definition) is 4. The van der Waals surface area contributed by atoms with Gasteiger partial charge in [0.15, 0.2) is 5.82 Å². The number of likely N-dealkylation sites (tertiary alicyclic amines) is 1. The summed E-state index contributed by atoms with van der Waals surface area (Å²) in [4.78, 5) is 18.6. The Morgan fingerprint density at radius 1 is 1.22 bits per heavy atom. The maximum atomic E-state index is 13.8. The Bertz CT molecular complexity index is 825. The molecule has 2 fully saturated rings. The van der Waals surface area contributed by atoms with Gasteiger partial charge in [-0.3, -0.25) is 4.79 Å². The Labute approximate surface area is 156 Å². The minimum Gasteiger partial charge on any atom is -0.342 e. The lowest BCUT2D eigenvalue weighted by atomic mass is 9.78. The van der Waals surface area contributed by atoms with Gasteiger partial charge in [-0.15, -0.1) is 0 Å². The molecule has 0 radical (unpaired) electrons. The molecule has 2 aliphatic rings. The first kappa shape index (κ1) is 18.1. The summed E-state index contributed by atoms with van der Waals surface area (Å²) in [7, 11) is 0. The van der Waals surface area contributed by atoms with E-state index < -0.39 is 17.0 Å².